The van der Waals surface area contributed by atoms with Gasteiger partial charge in [0, 0.05) is 61.8 Å². The topological polar surface area (TPSA) is 101 Å². The van der Waals surface area contributed by atoms with Gasteiger partial charge in [-0.25, -0.2) is 0 Å². The average Bonchev–Trinajstić information content (AvgIpc) is 3.73. The summed E-state index contributed by atoms with van der Waals surface area (Å²) in [4.78, 5) is 44.8. The van der Waals surface area contributed by atoms with E-state index < -0.39 is 30.1 Å². The standard InChI is InChI=1S/C32H31F3N4O5/c33-32(34,35)24-15-38(13-18-1-5-25-19(11-18)2-6-26(36-25)20-9-10-43-17-20)16-28(24)44-22-3-4-23-21(12-22)14-39(31(23)42)27-7-8-29(40)37-30(27)41/h1-6,11-12,20,24,27-28H,7-10,13-17H2,(H,37,40,41). The van der Waals surface area contributed by atoms with E-state index in [0.29, 0.717) is 24.3 Å². The number of carbonyl (C=O) groups is 3. The molecule has 9 nitrogen and oxygen atoms in total. The fraction of sp³-hybridized carbons (Fsp3) is 0.438. The molecule has 1 N–H and O–H groups in total. The van der Waals surface area contributed by atoms with Gasteiger partial charge in [0.2, 0.25) is 11.8 Å². The molecule has 3 amide bonds. The first kappa shape index (κ1) is 28.7. The first-order valence-electron chi connectivity index (χ1n) is 14.8. The summed E-state index contributed by atoms with van der Waals surface area (Å²) >= 11 is 0. The van der Waals surface area contributed by atoms with Crippen molar-refractivity contribution < 1.29 is 37.0 Å². The highest BCUT2D eigenvalue weighted by Gasteiger charge is 2.51. The van der Waals surface area contributed by atoms with Gasteiger partial charge in [0.25, 0.3) is 5.91 Å². The van der Waals surface area contributed by atoms with E-state index in [-0.39, 0.29) is 56.0 Å². The van der Waals surface area contributed by atoms with Gasteiger partial charge in [-0.2, -0.15) is 13.2 Å². The molecule has 2 aromatic carbocycles. The predicted molar refractivity (Wildman–Crippen MR) is 152 cm³/mol. The predicted octanol–water partition coefficient (Wildman–Crippen LogP) is 3.94. The Kier molecular flexibility index (Phi) is 7.28. The van der Waals surface area contributed by atoms with E-state index >= 15 is 0 Å². The van der Waals surface area contributed by atoms with Crippen molar-refractivity contribution in [1.29, 1.82) is 0 Å². The van der Waals surface area contributed by atoms with Crippen molar-refractivity contribution in [1.82, 2.24) is 20.1 Å². The minimum Gasteiger partial charge on any atom is -0.488 e. The SMILES string of the molecule is O=C1CCC(N2Cc3cc(OC4CN(Cc5ccc6nc(C7CCOC7)ccc6c5)CC4C(F)(F)F)ccc3C2=O)C(=O)N1. The van der Waals surface area contributed by atoms with E-state index in [1.165, 1.54) is 17.0 Å². The summed E-state index contributed by atoms with van der Waals surface area (Å²) in [7, 11) is 0. The van der Waals surface area contributed by atoms with Crippen LogP contribution in [0, 0.1) is 5.92 Å². The van der Waals surface area contributed by atoms with Gasteiger partial charge in [-0.1, -0.05) is 12.1 Å². The monoisotopic (exact) mass is 608 g/mol. The Morgan fingerprint density at radius 2 is 1.89 bits per heavy atom. The van der Waals surface area contributed by atoms with Crippen molar-refractivity contribution in [3.8, 4) is 5.75 Å². The van der Waals surface area contributed by atoms with Crippen molar-refractivity contribution in [2.75, 3.05) is 26.3 Å². The zero-order valence-electron chi connectivity index (χ0n) is 23.8. The Morgan fingerprint density at radius 1 is 1.02 bits per heavy atom. The van der Waals surface area contributed by atoms with Crippen LogP contribution in [0.1, 0.15) is 52.4 Å². The maximum absolute atomic E-state index is 14.2. The molecule has 44 heavy (non-hydrogen) atoms. The summed E-state index contributed by atoms with van der Waals surface area (Å²) in [6, 6.07) is 13.6. The number of ether oxygens (including phenoxy) is 2. The maximum atomic E-state index is 14.2. The zero-order chi connectivity index (χ0) is 30.6. The highest BCUT2D eigenvalue weighted by atomic mass is 19.4. The molecule has 4 unspecified atom stereocenters. The molecule has 0 bridgehead atoms. The number of carbonyl (C=O) groups excluding carboxylic acids is 3. The zero-order valence-corrected chi connectivity index (χ0v) is 23.8. The molecule has 4 aliphatic heterocycles. The molecule has 3 saturated heterocycles. The van der Waals surface area contributed by atoms with Crippen LogP contribution >= 0.6 is 0 Å². The Bertz CT molecular complexity index is 1640. The Hall–Kier alpha value is -4.03. The van der Waals surface area contributed by atoms with Crippen molar-refractivity contribution in [3.05, 3.63) is 70.9 Å². The molecule has 5 heterocycles. The third kappa shape index (κ3) is 5.52. The number of likely N-dealkylation sites (tertiary alicyclic amines) is 1. The van der Waals surface area contributed by atoms with Crippen LogP contribution in [0.15, 0.2) is 48.5 Å². The van der Waals surface area contributed by atoms with Crippen molar-refractivity contribution in [2.24, 2.45) is 5.92 Å². The Morgan fingerprint density at radius 3 is 2.66 bits per heavy atom. The lowest BCUT2D eigenvalue weighted by Crippen LogP contribution is -2.52. The molecule has 3 aromatic rings. The lowest BCUT2D eigenvalue weighted by atomic mass is 10.0. The van der Waals surface area contributed by atoms with Crippen molar-refractivity contribution in [2.45, 2.75) is 56.6 Å². The van der Waals surface area contributed by atoms with Gasteiger partial charge >= 0.3 is 6.18 Å². The molecule has 0 spiro atoms. The molecule has 12 heteroatoms. The highest BCUT2D eigenvalue weighted by molar-refractivity contribution is 6.05. The number of nitrogens with one attached hydrogen (secondary N) is 1. The second-order valence-corrected chi connectivity index (χ2v) is 12.0. The number of amides is 3. The second-order valence-electron chi connectivity index (χ2n) is 12.0. The van der Waals surface area contributed by atoms with Gasteiger partial charge in [0.15, 0.2) is 0 Å². The average molecular weight is 609 g/mol. The summed E-state index contributed by atoms with van der Waals surface area (Å²) in [5.41, 5.74) is 3.68. The van der Waals surface area contributed by atoms with Crippen molar-refractivity contribution >= 4 is 28.6 Å². The number of aromatic nitrogens is 1. The lowest BCUT2D eigenvalue weighted by Gasteiger charge is -2.29. The Balaban J connectivity index is 1.04. The lowest BCUT2D eigenvalue weighted by molar-refractivity contribution is -0.186. The summed E-state index contributed by atoms with van der Waals surface area (Å²) in [5.74, 6) is -2.41. The van der Waals surface area contributed by atoms with Crippen LogP contribution in [0.4, 0.5) is 13.2 Å². The number of alkyl halides is 3. The molecule has 0 saturated carbocycles. The van der Waals surface area contributed by atoms with Crippen LogP contribution in [0.2, 0.25) is 0 Å². The van der Waals surface area contributed by atoms with Gasteiger partial charge < -0.3 is 14.4 Å². The summed E-state index contributed by atoms with van der Waals surface area (Å²) in [6.45, 7) is 1.74. The van der Waals surface area contributed by atoms with Gasteiger partial charge in [0.1, 0.15) is 23.8 Å². The number of hydrogen-bond acceptors (Lipinski definition) is 7. The summed E-state index contributed by atoms with van der Waals surface area (Å²) in [5, 5.41) is 3.19. The van der Waals surface area contributed by atoms with Crippen LogP contribution in [0.25, 0.3) is 10.9 Å². The number of fused-ring (bicyclic) bond motifs is 2. The Labute approximate surface area is 251 Å². The van der Waals surface area contributed by atoms with Gasteiger partial charge in [-0.15, -0.1) is 0 Å². The highest BCUT2D eigenvalue weighted by Crippen LogP contribution is 2.38. The van der Waals surface area contributed by atoms with Crippen LogP contribution in [-0.2, 0) is 27.4 Å². The van der Waals surface area contributed by atoms with Crippen LogP contribution < -0.4 is 10.1 Å². The quantitative estimate of drug-likeness (QED) is 0.423. The molecule has 0 aliphatic carbocycles. The van der Waals surface area contributed by atoms with Crippen LogP contribution in [0.3, 0.4) is 0 Å². The van der Waals surface area contributed by atoms with Gasteiger partial charge in [0.05, 0.1) is 12.1 Å². The molecule has 1 aromatic heterocycles. The van der Waals surface area contributed by atoms with Gasteiger partial charge in [-0.05, 0) is 60.4 Å². The fourth-order valence-corrected chi connectivity index (χ4v) is 6.76. The largest absolute Gasteiger partial charge is 0.488 e. The first-order valence-corrected chi connectivity index (χ1v) is 14.8. The number of rotatable bonds is 6. The third-order valence-electron chi connectivity index (χ3n) is 9.07. The molecule has 4 aliphatic rings. The van der Waals surface area contributed by atoms with Gasteiger partial charge in [-0.3, -0.25) is 29.6 Å². The minimum absolute atomic E-state index is 0.0828. The number of pyridine rings is 1. The number of nitrogens with zero attached hydrogens (tertiary/aromatic N) is 3. The van der Waals surface area contributed by atoms with Crippen molar-refractivity contribution in [3.63, 3.8) is 0 Å². The molecule has 4 atom stereocenters. The summed E-state index contributed by atoms with van der Waals surface area (Å²) < 4.78 is 53.9. The number of halogens is 3. The van der Waals surface area contributed by atoms with E-state index in [9.17, 15) is 27.6 Å². The summed E-state index contributed by atoms with van der Waals surface area (Å²) in [6.07, 6.45) is -4.28. The van der Waals surface area contributed by atoms with E-state index in [2.05, 4.69) is 5.32 Å². The fourth-order valence-electron chi connectivity index (χ4n) is 6.76. The number of piperidine rings is 1. The number of benzene rings is 2. The molecular formula is C32H31F3N4O5. The first-order chi connectivity index (χ1) is 21.1. The minimum atomic E-state index is -4.46. The van der Waals surface area contributed by atoms with Crippen LogP contribution in [0.5, 0.6) is 5.75 Å². The van der Waals surface area contributed by atoms with E-state index in [1.807, 2.05) is 30.3 Å². The molecule has 3 fully saturated rings. The molecule has 0 radical (unpaired) electrons. The van der Waals surface area contributed by atoms with E-state index in [1.54, 1.807) is 11.0 Å². The smallest absolute Gasteiger partial charge is 0.396 e. The molecule has 230 valence electrons. The third-order valence-corrected chi connectivity index (χ3v) is 9.07. The molecule has 7 rings (SSSR count). The molecular weight excluding hydrogens is 577 g/mol. The van der Waals surface area contributed by atoms with E-state index in [0.717, 1.165) is 35.2 Å². The number of imide groups is 1. The maximum Gasteiger partial charge on any atom is 0.396 e. The second kappa shape index (κ2) is 11.2. The van der Waals surface area contributed by atoms with E-state index in [4.69, 9.17) is 14.5 Å². The number of hydrogen-bond donors (Lipinski definition) is 1. The normalized spacial score (nSPS) is 26.0. The van der Waals surface area contributed by atoms with Crippen LogP contribution in [-0.4, -0.2) is 77.1 Å².